The van der Waals surface area contributed by atoms with Crippen LogP contribution in [0.15, 0.2) is 47.5 Å². The Hall–Kier alpha value is -2.77. The second kappa shape index (κ2) is 11.7. The summed E-state index contributed by atoms with van der Waals surface area (Å²) < 4.78 is 17.2. The predicted molar refractivity (Wildman–Crippen MR) is 129 cm³/mol. The predicted octanol–water partition coefficient (Wildman–Crippen LogP) is 4.02. The number of morpholine rings is 1. The number of nitrogens with two attached hydrogens (primary N) is 1. The van der Waals surface area contributed by atoms with Crippen molar-refractivity contribution in [1.82, 2.24) is 4.90 Å². The molecule has 1 heterocycles. The van der Waals surface area contributed by atoms with Gasteiger partial charge in [-0.2, -0.15) is 0 Å². The number of nitrogens with one attached hydrogen (secondary N) is 1. The lowest BCUT2D eigenvalue weighted by atomic mass is 10.1. The Bertz CT molecular complexity index is 893. The van der Waals surface area contributed by atoms with Gasteiger partial charge in [-0.3, -0.25) is 4.90 Å². The van der Waals surface area contributed by atoms with Gasteiger partial charge in [0.25, 0.3) is 0 Å². The van der Waals surface area contributed by atoms with Gasteiger partial charge in [-0.05, 0) is 51.0 Å². The van der Waals surface area contributed by atoms with Crippen molar-refractivity contribution in [3.63, 3.8) is 0 Å². The minimum Gasteiger partial charge on any atom is -0.494 e. The lowest BCUT2D eigenvalue weighted by molar-refractivity contribution is -0.0705. The number of hydrogen-bond donors (Lipinski definition) is 2. The van der Waals surface area contributed by atoms with Crippen molar-refractivity contribution in [2.24, 2.45) is 10.7 Å². The molecule has 32 heavy (non-hydrogen) atoms. The molecule has 1 fully saturated rings. The topological polar surface area (TPSA) is 81.3 Å². The van der Waals surface area contributed by atoms with Crippen LogP contribution in [0.3, 0.4) is 0 Å². The molecule has 0 amide bonds. The maximum Gasteiger partial charge on any atom is 0.193 e. The highest BCUT2D eigenvalue weighted by atomic mass is 16.5. The van der Waals surface area contributed by atoms with E-state index >= 15 is 0 Å². The summed E-state index contributed by atoms with van der Waals surface area (Å²) in [5.41, 5.74) is 9.40. The minimum atomic E-state index is 0.246. The summed E-state index contributed by atoms with van der Waals surface area (Å²) in [6.45, 7) is 12.6. The third-order valence-electron chi connectivity index (χ3n) is 5.25. The fraction of sp³-hybridized carbons (Fsp3) is 0.480. The molecule has 0 radical (unpaired) electrons. The second-order valence-electron chi connectivity index (χ2n) is 8.07. The molecule has 1 aliphatic heterocycles. The third kappa shape index (κ3) is 6.87. The van der Waals surface area contributed by atoms with E-state index in [1.165, 1.54) is 5.56 Å². The van der Waals surface area contributed by atoms with Gasteiger partial charge in [0.1, 0.15) is 11.5 Å². The van der Waals surface area contributed by atoms with E-state index in [2.05, 4.69) is 47.3 Å². The average molecular weight is 441 g/mol. The van der Waals surface area contributed by atoms with Gasteiger partial charge in [-0.1, -0.05) is 24.3 Å². The van der Waals surface area contributed by atoms with Crippen LogP contribution in [0, 0.1) is 0 Å². The Labute approximate surface area is 191 Å². The van der Waals surface area contributed by atoms with Gasteiger partial charge in [-0.15, -0.1) is 0 Å². The van der Waals surface area contributed by atoms with Crippen LogP contribution in [-0.2, 0) is 17.8 Å². The number of rotatable bonds is 9. The summed E-state index contributed by atoms with van der Waals surface area (Å²) in [5, 5.41) is 3.17. The zero-order valence-electron chi connectivity index (χ0n) is 19.6. The zero-order chi connectivity index (χ0) is 22.9. The Morgan fingerprint density at radius 2 is 1.75 bits per heavy atom. The normalized spacial score (nSPS) is 19.6. The van der Waals surface area contributed by atoms with E-state index in [1.54, 1.807) is 0 Å². The summed E-state index contributed by atoms with van der Waals surface area (Å²) >= 11 is 0. The SMILES string of the molecule is CCOc1ccc(OCC)c(NC(N)=NCc2ccccc2CN2CC(C)OC(C)C2)c1. The van der Waals surface area contributed by atoms with E-state index in [0.29, 0.717) is 31.5 Å². The van der Waals surface area contributed by atoms with E-state index < -0.39 is 0 Å². The van der Waals surface area contributed by atoms with Crippen LogP contribution in [0.2, 0.25) is 0 Å². The molecule has 3 rings (SSSR count). The Morgan fingerprint density at radius 3 is 2.44 bits per heavy atom. The molecule has 0 aliphatic carbocycles. The Balaban J connectivity index is 1.69. The highest BCUT2D eigenvalue weighted by Gasteiger charge is 2.22. The van der Waals surface area contributed by atoms with Gasteiger partial charge < -0.3 is 25.3 Å². The Kier molecular flexibility index (Phi) is 8.76. The summed E-state index contributed by atoms with van der Waals surface area (Å²) in [7, 11) is 0. The van der Waals surface area contributed by atoms with E-state index in [9.17, 15) is 0 Å². The lowest BCUT2D eigenvalue weighted by Gasteiger charge is -2.35. The van der Waals surface area contributed by atoms with Crippen molar-refractivity contribution in [2.75, 3.05) is 31.6 Å². The van der Waals surface area contributed by atoms with Crippen LogP contribution < -0.4 is 20.5 Å². The molecule has 1 saturated heterocycles. The maximum absolute atomic E-state index is 6.23. The molecule has 7 nitrogen and oxygen atoms in total. The standard InChI is InChI=1S/C25H36N4O3/c1-5-30-22-11-12-24(31-6-2)23(13-22)28-25(26)27-14-20-9-7-8-10-21(20)17-29-15-18(3)32-19(4)16-29/h7-13,18-19H,5-6,14-17H2,1-4H3,(H3,26,27,28). The molecule has 0 saturated carbocycles. The van der Waals surface area contributed by atoms with E-state index in [1.807, 2.05) is 38.1 Å². The van der Waals surface area contributed by atoms with Crippen molar-refractivity contribution in [3.8, 4) is 11.5 Å². The van der Waals surface area contributed by atoms with Crippen LogP contribution in [0.25, 0.3) is 0 Å². The number of nitrogens with zero attached hydrogens (tertiary/aromatic N) is 2. The molecule has 0 spiro atoms. The largest absolute Gasteiger partial charge is 0.494 e. The molecular weight excluding hydrogens is 404 g/mol. The van der Waals surface area contributed by atoms with Crippen LogP contribution in [0.1, 0.15) is 38.8 Å². The van der Waals surface area contributed by atoms with Crippen molar-refractivity contribution < 1.29 is 14.2 Å². The fourth-order valence-corrected chi connectivity index (χ4v) is 4.01. The molecule has 2 aromatic carbocycles. The number of hydrogen-bond acceptors (Lipinski definition) is 5. The lowest BCUT2D eigenvalue weighted by Crippen LogP contribution is -2.44. The minimum absolute atomic E-state index is 0.246. The first-order valence-corrected chi connectivity index (χ1v) is 11.4. The number of benzene rings is 2. The van der Waals surface area contributed by atoms with Crippen LogP contribution in [0.5, 0.6) is 11.5 Å². The van der Waals surface area contributed by atoms with Gasteiger partial charge in [0.15, 0.2) is 5.96 Å². The number of ether oxygens (including phenoxy) is 3. The number of aliphatic imine (C=N–C) groups is 1. The van der Waals surface area contributed by atoms with E-state index in [4.69, 9.17) is 19.9 Å². The quantitative estimate of drug-likeness (QED) is 0.453. The molecule has 174 valence electrons. The van der Waals surface area contributed by atoms with Crippen LogP contribution in [0.4, 0.5) is 5.69 Å². The van der Waals surface area contributed by atoms with Gasteiger partial charge >= 0.3 is 0 Å². The van der Waals surface area contributed by atoms with Crippen LogP contribution >= 0.6 is 0 Å². The van der Waals surface area contributed by atoms with Gasteiger partial charge in [-0.25, -0.2) is 4.99 Å². The molecular formula is C25H36N4O3. The highest BCUT2D eigenvalue weighted by molar-refractivity contribution is 5.94. The molecule has 2 unspecified atom stereocenters. The monoisotopic (exact) mass is 440 g/mol. The first kappa shape index (κ1) is 23.9. The molecule has 0 aromatic heterocycles. The zero-order valence-corrected chi connectivity index (χ0v) is 19.6. The average Bonchev–Trinajstić information content (AvgIpc) is 2.74. The maximum atomic E-state index is 6.23. The van der Waals surface area contributed by atoms with E-state index in [-0.39, 0.29) is 12.2 Å². The third-order valence-corrected chi connectivity index (χ3v) is 5.25. The Morgan fingerprint density at radius 1 is 1.06 bits per heavy atom. The van der Waals surface area contributed by atoms with Gasteiger partial charge in [0.2, 0.25) is 0 Å². The van der Waals surface area contributed by atoms with Crippen molar-refractivity contribution in [2.45, 2.75) is 53.0 Å². The first-order valence-electron chi connectivity index (χ1n) is 11.4. The van der Waals surface area contributed by atoms with E-state index in [0.717, 1.165) is 36.6 Å². The summed E-state index contributed by atoms with van der Waals surface area (Å²) in [6, 6.07) is 14.0. The highest BCUT2D eigenvalue weighted by Crippen LogP contribution is 2.29. The van der Waals surface area contributed by atoms with Gasteiger partial charge in [0.05, 0.1) is 37.7 Å². The molecule has 3 N–H and O–H groups in total. The molecule has 0 bridgehead atoms. The first-order chi connectivity index (χ1) is 15.5. The van der Waals surface area contributed by atoms with Crippen molar-refractivity contribution in [1.29, 1.82) is 0 Å². The fourth-order valence-electron chi connectivity index (χ4n) is 4.01. The van der Waals surface area contributed by atoms with Gasteiger partial charge in [0, 0.05) is 25.7 Å². The second-order valence-corrected chi connectivity index (χ2v) is 8.07. The van der Waals surface area contributed by atoms with Crippen molar-refractivity contribution in [3.05, 3.63) is 53.6 Å². The molecule has 2 atom stereocenters. The van der Waals surface area contributed by atoms with Crippen LogP contribution in [-0.4, -0.2) is 49.4 Å². The van der Waals surface area contributed by atoms with Crippen molar-refractivity contribution >= 4 is 11.6 Å². The number of anilines is 1. The summed E-state index contributed by atoms with van der Waals surface area (Å²) in [4.78, 5) is 7.04. The summed E-state index contributed by atoms with van der Waals surface area (Å²) in [6.07, 6.45) is 0.492. The molecule has 2 aromatic rings. The molecule has 1 aliphatic rings. The number of guanidine groups is 1. The smallest absolute Gasteiger partial charge is 0.193 e. The molecule has 7 heteroatoms. The summed E-state index contributed by atoms with van der Waals surface area (Å²) in [5.74, 6) is 1.80.